The summed E-state index contributed by atoms with van der Waals surface area (Å²) in [6.07, 6.45) is 0. The topological polar surface area (TPSA) is 29.1 Å². The van der Waals surface area contributed by atoms with Crippen LogP contribution in [-0.4, -0.2) is 13.0 Å². The third kappa shape index (κ3) is 3.08. The second-order valence-electron chi connectivity index (χ2n) is 3.26. The number of aryl methyl sites for hydroxylation is 1. The molecule has 0 bridgehead atoms. The van der Waals surface area contributed by atoms with E-state index in [-0.39, 0.29) is 5.91 Å². The van der Waals surface area contributed by atoms with Crippen LogP contribution in [-0.2, 0) is 0 Å². The van der Waals surface area contributed by atoms with Crippen LogP contribution in [0.15, 0.2) is 12.1 Å². The van der Waals surface area contributed by atoms with E-state index in [0.717, 1.165) is 11.1 Å². The van der Waals surface area contributed by atoms with Crippen molar-refractivity contribution in [1.82, 2.24) is 5.32 Å². The summed E-state index contributed by atoms with van der Waals surface area (Å²) in [7, 11) is 1.65. The Hall–Kier alpha value is -1.31. The highest BCUT2D eigenvalue weighted by Gasteiger charge is 2.09. The van der Waals surface area contributed by atoms with Gasteiger partial charge in [0.2, 0.25) is 0 Å². The van der Waals surface area contributed by atoms with Crippen LogP contribution in [0.3, 0.4) is 0 Å². The number of benzene rings is 1. The van der Waals surface area contributed by atoms with Gasteiger partial charge in [0.15, 0.2) is 0 Å². The first-order chi connectivity index (χ1) is 7.07. The quantitative estimate of drug-likeness (QED) is 0.753. The predicted octanol–water partition coefficient (Wildman–Crippen LogP) is 3.00. The largest absolute Gasteiger partial charge is 0.355 e. The minimum absolute atomic E-state index is 0.0133. The van der Waals surface area contributed by atoms with E-state index in [1.165, 1.54) is 11.1 Å². The molecule has 1 aromatic rings. The van der Waals surface area contributed by atoms with E-state index in [4.69, 9.17) is 0 Å². The minimum Gasteiger partial charge on any atom is -0.355 e. The molecule has 0 aliphatic heterocycles. The van der Waals surface area contributed by atoms with Gasteiger partial charge in [0.25, 0.3) is 5.91 Å². The number of carbonyl (C=O) groups is 1. The number of amides is 1. The first-order valence-electron chi connectivity index (χ1n) is 5.36. The fourth-order valence-electron chi connectivity index (χ4n) is 1.34. The second kappa shape index (κ2) is 6.23. The van der Waals surface area contributed by atoms with E-state index in [0.29, 0.717) is 0 Å². The molecule has 0 atom stereocenters. The molecule has 0 saturated carbocycles. The highest BCUT2D eigenvalue weighted by atomic mass is 16.1. The van der Waals surface area contributed by atoms with Gasteiger partial charge in [-0.15, -0.1) is 0 Å². The monoisotopic (exact) mass is 207 g/mol. The molecule has 2 heteroatoms. The maximum absolute atomic E-state index is 11.4. The van der Waals surface area contributed by atoms with Gasteiger partial charge in [-0.1, -0.05) is 19.9 Å². The summed E-state index contributed by atoms with van der Waals surface area (Å²) in [5.74, 6) is -0.0133. The molecule has 1 amide bonds. The summed E-state index contributed by atoms with van der Waals surface area (Å²) in [6.45, 7) is 10.1. The van der Waals surface area contributed by atoms with Crippen LogP contribution in [0.1, 0.15) is 40.9 Å². The highest BCUT2D eigenvalue weighted by Crippen LogP contribution is 2.16. The van der Waals surface area contributed by atoms with Gasteiger partial charge in [-0.2, -0.15) is 0 Å². The van der Waals surface area contributed by atoms with Gasteiger partial charge in [0.1, 0.15) is 0 Å². The van der Waals surface area contributed by atoms with E-state index in [1.54, 1.807) is 7.05 Å². The number of hydrogen-bond donors (Lipinski definition) is 1. The zero-order valence-corrected chi connectivity index (χ0v) is 10.6. The first-order valence-corrected chi connectivity index (χ1v) is 5.36. The van der Waals surface area contributed by atoms with Gasteiger partial charge in [-0.3, -0.25) is 4.79 Å². The van der Waals surface area contributed by atoms with Crippen LogP contribution < -0.4 is 5.32 Å². The van der Waals surface area contributed by atoms with Crippen molar-refractivity contribution in [2.24, 2.45) is 0 Å². The van der Waals surface area contributed by atoms with Crippen LogP contribution in [0.4, 0.5) is 0 Å². The maximum Gasteiger partial charge on any atom is 0.251 e. The van der Waals surface area contributed by atoms with E-state index in [9.17, 15) is 4.79 Å². The zero-order chi connectivity index (χ0) is 12.0. The Morgan fingerprint density at radius 1 is 1.07 bits per heavy atom. The Morgan fingerprint density at radius 2 is 1.60 bits per heavy atom. The summed E-state index contributed by atoms with van der Waals surface area (Å²) in [4.78, 5) is 11.4. The van der Waals surface area contributed by atoms with E-state index >= 15 is 0 Å². The number of hydrogen-bond acceptors (Lipinski definition) is 1. The first kappa shape index (κ1) is 13.7. The minimum atomic E-state index is -0.0133. The average molecular weight is 207 g/mol. The Kier molecular flexibility index (Phi) is 5.68. The Labute approximate surface area is 92.7 Å². The molecule has 0 aromatic heterocycles. The van der Waals surface area contributed by atoms with E-state index in [1.807, 2.05) is 39.8 Å². The van der Waals surface area contributed by atoms with Gasteiger partial charge in [0, 0.05) is 12.6 Å². The van der Waals surface area contributed by atoms with Gasteiger partial charge >= 0.3 is 0 Å². The standard InChI is InChI=1S/C11H15NO.C2H6/c1-7-5-6-10(11(13)12-4)9(3)8(7)2;1-2/h5-6H,1-4H3,(H,12,13);1-2H3. The summed E-state index contributed by atoms with van der Waals surface area (Å²) in [6, 6.07) is 3.85. The molecule has 0 aliphatic carbocycles. The van der Waals surface area contributed by atoms with Crippen LogP contribution >= 0.6 is 0 Å². The molecule has 0 spiro atoms. The number of rotatable bonds is 1. The Balaban J connectivity index is 0.000000921. The highest BCUT2D eigenvalue weighted by molar-refractivity contribution is 5.95. The van der Waals surface area contributed by atoms with Crippen molar-refractivity contribution in [2.75, 3.05) is 7.05 Å². The zero-order valence-electron chi connectivity index (χ0n) is 10.6. The Bertz CT molecular complexity index is 343. The molecular formula is C13H21NO. The van der Waals surface area contributed by atoms with Gasteiger partial charge < -0.3 is 5.32 Å². The average Bonchev–Trinajstić information content (AvgIpc) is 2.28. The third-order valence-electron chi connectivity index (χ3n) is 2.53. The Morgan fingerprint density at radius 3 is 2.07 bits per heavy atom. The van der Waals surface area contributed by atoms with Crippen molar-refractivity contribution in [1.29, 1.82) is 0 Å². The lowest BCUT2D eigenvalue weighted by Crippen LogP contribution is -2.19. The third-order valence-corrected chi connectivity index (χ3v) is 2.53. The molecule has 84 valence electrons. The van der Waals surface area contributed by atoms with Gasteiger partial charge in [-0.25, -0.2) is 0 Å². The van der Waals surface area contributed by atoms with Crippen LogP contribution in [0.5, 0.6) is 0 Å². The van der Waals surface area contributed by atoms with Crippen molar-refractivity contribution >= 4 is 5.91 Å². The lowest BCUT2D eigenvalue weighted by atomic mass is 9.98. The van der Waals surface area contributed by atoms with Crippen molar-refractivity contribution < 1.29 is 4.79 Å². The van der Waals surface area contributed by atoms with Crippen LogP contribution in [0.2, 0.25) is 0 Å². The molecule has 15 heavy (non-hydrogen) atoms. The number of carbonyl (C=O) groups excluding carboxylic acids is 1. The van der Waals surface area contributed by atoms with E-state index < -0.39 is 0 Å². The summed E-state index contributed by atoms with van der Waals surface area (Å²) in [5, 5.41) is 2.63. The van der Waals surface area contributed by atoms with Crippen molar-refractivity contribution in [3.63, 3.8) is 0 Å². The molecule has 1 rings (SSSR count). The molecule has 0 radical (unpaired) electrons. The lowest BCUT2D eigenvalue weighted by molar-refractivity contribution is 0.0962. The fraction of sp³-hybridized carbons (Fsp3) is 0.462. The molecule has 2 nitrogen and oxygen atoms in total. The maximum atomic E-state index is 11.4. The smallest absolute Gasteiger partial charge is 0.251 e. The van der Waals surface area contributed by atoms with Gasteiger partial charge in [-0.05, 0) is 43.5 Å². The molecule has 0 unspecified atom stereocenters. The molecule has 0 fully saturated rings. The van der Waals surface area contributed by atoms with Crippen molar-refractivity contribution in [2.45, 2.75) is 34.6 Å². The molecule has 0 saturated heterocycles. The van der Waals surface area contributed by atoms with E-state index in [2.05, 4.69) is 12.2 Å². The second-order valence-corrected chi connectivity index (χ2v) is 3.26. The van der Waals surface area contributed by atoms with Crippen molar-refractivity contribution in [3.05, 3.63) is 34.4 Å². The lowest BCUT2D eigenvalue weighted by Gasteiger charge is -2.09. The van der Waals surface area contributed by atoms with Gasteiger partial charge in [0.05, 0.1) is 0 Å². The van der Waals surface area contributed by atoms with Crippen LogP contribution in [0, 0.1) is 20.8 Å². The molecule has 0 heterocycles. The van der Waals surface area contributed by atoms with Crippen LogP contribution in [0.25, 0.3) is 0 Å². The summed E-state index contributed by atoms with van der Waals surface area (Å²) >= 11 is 0. The molecule has 1 aromatic carbocycles. The summed E-state index contributed by atoms with van der Waals surface area (Å²) in [5.41, 5.74) is 4.26. The fourth-order valence-corrected chi connectivity index (χ4v) is 1.34. The molecular weight excluding hydrogens is 186 g/mol. The predicted molar refractivity (Wildman–Crippen MR) is 65.4 cm³/mol. The summed E-state index contributed by atoms with van der Waals surface area (Å²) < 4.78 is 0. The van der Waals surface area contributed by atoms with Crippen molar-refractivity contribution in [3.8, 4) is 0 Å². The molecule has 1 N–H and O–H groups in total. The SMILES string of the molecule is CC.CNC(=O)c1ccc(C)c(C)c1C. The number of nitrogens with one attached hydrogen (secondary N) is 1. The normalized spacial score (nSPS) is 8.93. The molecule has 0 aliphatic rings.